The van der Waals surface area contributed by atoms with Crippen molar-refractivity contribution in [3.8, 4) is 0 Å². The van der Waals surface area contributed by atoms with E-state index in [1.165, 1.54) is 19.4 Å². The van der Waals surface area contributed by atoms with Gasteiger partial charge in [0.2, 0.25) is 0 Å². The highest BCUT2D eigenvalue weighted by atomic mass is 35.5. The third-order valence-electron chi connectivity index (χ3n) is 4.12. The summed E-state index contributed by atoms with van der Waals surface area (Å²) in [5, 5.41) is 4.73. The first-order valence-corrected chi connectivity index (χ1v) is 7.33. The van der Waals surface area contributed by atoms with E-state index in [9.17, 15) is 4.79 Å². The lowest BCUT2D eigenvalue weighted by atomic mass is 10.1. The summed E-state index contributed by atoms with van der Waals surface area (Å²) in [7, 11) is 0. The molecule has 0 radical (unpaired) electrons. The van der Waals surface area contributed by atoms with E-state index in [1.807, 2.05) is 11.8 Å². The molecule has 1 aromatic rings. The molecule has 1 unspecified atom stereocenters. The molecule has 0 spiro atoms. The molecule has 1 aromatic heterocycles. The van der Waals surface area contributed by atoms with Crippen molar-refractivity contribution in [2.24, 2.45) is 0 Å². The van der Waals surface area contributed by atoms with Crippen LogP contribution in [-0.4, -0.2) is 57.7 Å². The van der Waals surface area contributed by atoms with Gasteiger partial charge >= 0.3 is 0 Å². The zero-order valence-electron chi connectivity index (χ0n) is 11.2. The van der Waals surface area contributed by atoms with Gasteiger partial charge in [-0.05, 0) is 26.3 Å². The van der Waals surface area contributed by atoms with Crippen molar-refractivity contribution < 1.29 is 4.79 Å². The summed E-state index contributed by atoms with van der Waals surface area (Å²) in [6.07, 6.45) is 4.17. The van der Waals surface area contributed by atoms with Crippen molar-refractivity contribution in [3.63, 3.8) is 0 Å². The second-order valence-electron chi connectivity index (χ2n) is 5.26. The first-order chi connectivity index (χ1) is 9.19. The van der Waals surface area contributed by atoms with Gasteiger partial charge in [0.25, 0.3) is 5.91 Å². The summed E-state index contributed by atoms with van der Waals surface area (Å²) in [6.45, 7) is 6.46. The highest BCUT2D eigenvalue weighted by Gasteiger charge is 2.34. The smallest absolute Gasteiger partial charge is 0.276 e. The number of amides is 1. The number of rotatable bonds is 2. The maximum atomic E-state index is 12.5. The van der Waals surface area contributed by atoms with E-state index in [0.29, 0.717) is 16.8 Å². The van der Waals surface area contributed by atoms with Gasteiger partial charge < -0.3 is 4.90 Å². The van der Waals surface area contributed by atoms with Crippen LogP contribution in [-0.2, 0) is 6.54 Å². The Balaban J connectivity index is 1.74. The number of aryl methyl sites for hydroxylation is 1. The number of nitrogens with zero attached hydrogens (tertiary/aromatic N) is 4. The normalized spacial score (nSPS) is 23.7. The molecule has 104 valence electrons. The van der Waals surface area contributed by atoms with Crippen LogP contribution in [0.25, 0.3) is 0 Å². The Morgan fingerprint density at radius 3 is 3.05 bits per heavy atom. The number of piperazine rings is 1. The van der Waals surface area contributed by atoms with Gasteiger partial charge in [0.05, 0.1) is 5.02 Å². The Hall–Kier alpha value is -1.07. The van der Waals surface area contributed by atoms with Crippen molar-refractivity contribution >= 4 is 17.5 Å². The highest BCUT2D eigenvalue weighted by Crippen LogP contribution is 2.23. The molecule has 3 heterocycles. The minimum absolute atomic E-state index is 0.0243. The summed E-state index contributed by atoms with van der Waals surface area (Å²) in [5.74, 6) is -0.0243. The second-order valence-corrected chi connectivity index (χ2v) is 5.67. The number of carbonyl (C=O) groups is 1. The van der Waals surface area contributed by atoms with Crippen LogP contribution < -0.4 is 0 Å². The Bertz CT molecular complexity index is 487. The van der Waals surface area contributed by atoms with Crippen LogP contribution in [0.4, 0.5) is 0 Å². The van der Waals surface area contributed by atoms with E-state index in [-0.39, 0.29) is 5.91 Å². The summed E-state index contributed by atoms with van der Waals surface area (Å²) >= 11 is 6.11. The molecule has 2 fully saturated rings. The lowest BCUT2D eigenvalue weighted by Crippen LogP contribution is -2.52. The van der Waals surface area contributed by atoms with Crippen LogP contribution in [0.5, 0.6) is 0 Å². The minimum Gasteiger partial charge on any atom is -0.334 e. The molecule has 0 N–H and O–H groups in total. The first kappa shape index (κ1) is 12.9. The maximum Gasteiger partial charge on any atom is 0.276 e. The molecular formula is C13H19ClN4O. The quantitative estimate of drug-likeness (QED) is 0.825. The molecule has 6 heteroatoms. The van der Waals surface area contributed by atoms with Crippen LogP contribution in [0.3, 0.4) is 0 Å². The summed E-state index contributed by atoms with van der Waals surface area (Å²) in [4.78, 5) is 16.9. The predicted octanol–water partition coefficient (Wildman–Crippen LogP) is 1.48. The zero-order valence-corrected chi connectivity index (χ0v) is 11.9. The molecule has 2 saturated heterocycles. The van der Waals surface area contributed by atoms with Gasteiger partial charge in [-0.15, -0.1) is 0 Å². The fourth-order valence-electron chi connectivity index (χ4n) is 3.03. The van der Waals surface area contributed by atoms with Crippen LogP contribution in [0, 0.1) is 0 Å². The maximum absolute atomic E-state index is 12.5. The van der Waals surface area contributed by atoms with Crippen LogP contribution in [0.2, 0.25) is 5.02 Å². The van der Waals surface area contributed by atoms with E-state index in [0.717, 1.165) is 26.2 Å². The molecule has 19 heavy (non-hydrogen) atoms. The summed E-state index contributed by atoms with van der Waals surface area (Å²) < 4.78 is 1.71. The third kappa shape index (κ3) is 2.37. The Morgan fingerprint density at radius 2 is 2.32 bits per heavy atom. The average Bonchev–Trinajstić information content (AvgIpc) is 3.02. The number of carbonyl (C=O) groups excluding carboxylic acids is 1. The van der Waals surface area contributed by atoms with Gasteiger partial charge in [-0.2, -0.15) is 5.10 Å². The Morgan fingerprint density at radius 1 is 1.47 bits per heavy atom. The van der Waals surface area contributed by atoms with Gasteiger partial charge in [0.1, 0.15) is 0 Å². The van der Waals surface area contributed by atoms with Gasteiger partial charge in [-0.25, -0.2) is 0 Å². The third-order valence-corrected chi connectivity index (χ3v) is 4.39. The molecule has 3 rings (SSSR count). The largest absolute Gasteiger partial charge is 0.334 e. The molecule has 1 amide bonds. The zero-order chi connectivity index (χ0) is 13.4. The van der Waals surface area contributed by atoms with Crippen molar-refractivity contribution in [2.75, 3.05) is 26.2 Å². The molecule has 1 atom stereocenters. The molecule has 2 aliphatic rings. The van der Waals surface area contributed by atoms with E-state index >= 15 is 0 Å². The van der Waals surface area contributed by atoms with Gasteiger partial charge in [0, 0.05) is 38.4 Å². The standard InChI is InChI=1S/C13H19ClN4O/c1-2-18-9-11(14)12(15-18)13(19)17-7-6-16-5-3-4-10(16)8-17/h9-10H,2-8H2,1H3. The molecule has 5 nitrogen and oxygen atoms in total. The van der Waals surface area contributed by atoms with Gasteiger partial charge in [0.15, 0.2) is 5.69 Å². The van der Waals surface area contributed by atoms with E-state index in [2.05, 4.69) is 10.00 Å². The number of hydrogen-bond donors (Lipinski definition) is 0. The van der Waals surface area contributed by atoms with Gasteiger partial charge in [-0.3, -0.25) is 14.4 Å². The Kier molecular flexibility index (Phi) is 3.50. The lowest BCUT2D eigenvalue weighted by molar-refractivity contribution is 0.0565. The monoisotopic (exact) mass is 282 g/mol. The highest BCUT2D eigenvalue weighted by molar-refractivity contribution is 6.33. The summed E-state index contributed by atoms with van der Waals surface area (Å²) in [6, 6.07) is 0.532. The number of hydrogen-bond acceptors (Lipinski definition) is 3. The second kappa shape index (κ2) is 5.13. The number of aromatic nitrogens is 2. The molecule has 0 aromatic carbocycles. The fourth-order valence-corrected chi connectivity index (χ4v) is 3.26. The average molecular weight is 283 g/mol. The molecular weight excluding hydrogens is 264 g/mol. The van der Waals surface area contributed by atoms with E-state index in [4.69, 9.17) is 11.6 Å². The Labute approximate surface area is 118 Å². The molecule has 2 aliphatic heterocycles. The predicted molar refractivity (Wildman–Crippen MR) is 73.4 cm³/mol. The lowest BCUT2D eigenvalue weighted by Gasteiger charge is -2.37. The van der Waals surface area contributed by atoms with E-state index < -0.39 is 0 Å². The first-order valence-electron chi connectivity index (χ1n) is 6.95. The van der Waals surface area contributed by atoms with Crippen LogP contribution in [0.15, 0.2) is 6.20 Å². The topological polar surface area (TPSA) is 41.4 Å². The summed E-state index contributed by atoms with van der Waals surface area (Å²) in [5.41, 5.74) is 0.398. The molecule has 0 bridgehead atoms. The van der Waals surface area contributed by atoms with E-state index in [1.54, 1.807) is 10.9 Å². The fraction of sp³-hybridized carbons (Fsp3) is 0.692. The van der Waals surface area contributed by atoms with Crippen molar-refractivity contribution in [3.05, 3.63) is 16.9 Å². The van der Waals surface area contributed by atoms with Crippen molar-refractivity contribution in [2.45, 2.75) is 32.4 Å². The number of halogens is 1. The SMILES string of the molecule is CCn1cc(Cl)c(C(=O)N2CCN3CCCC3C2)n1. The number of fused-ring (bicyclic) bond motifs is 1. The van der Waals surface area contributed by atoms with Crippen molar-refractivity contribution in [1.29, 1.82) is 0 Å². The van der Waals surface area contributed by atoms with Crippen LogP contribution in [0.1, 0.15) is 30.3 Å². The van der Waals surface area contributed by atoms with Crippen molar-refractivity contribution in [1.82, 2.24) is 19.6 Å². The van der Waals surface area contributed by atoms with Crippen LogP contribution >= 0.6 is 11.6 Å². The molecule has 0 aliphatic carbocycles. The minimum atomic E-state index is -0.0243. The molecule has 0 saturated carbocycles. The van der Waals surface area contributed by atoms with Gasteiger partial charge in [-0.1, -0.05) is 11.6 Å².